The van der Waals surface area contributed by atoms with E-state index in [2.05, 4.69) is 5.48 Å². The molecule has 1 unspecified atom stereocenters. The van der Waals surface area contributed by atoms with Crippen molar-refractivity contribution in [2.24, 2.45) is 0 Å². The van der Waals surface area contributed by atoms with Crippen molar-refractivity contribution in [2.45, 2.75) is 52.3 Å². The molecule has 132 valence electrons. The third-order valence-corrected chi connectivity index (χ3v) is 3.57. The van der Waals surface area contributed by atoms with Crippen molar-refractivity contribution >= 4 is 12.0 Å². The Morgan fingerprint density at radius 3 is 2.67 bits per heavy atom. The summed E-state index contributed by atoms with van der Waals surface area (Å²) in [4.78, 5) is 31.2. The zero-order valence-electron chi connectivity index (χ0n) is 14.5. The summed E-state index contributed by atoms with van der Waals surface area (Å²) in [7, 11) is 0. The predicted octanol–water partition coefficient (Wildman–Crippen LogP) is 2.12. The Hall–Kier alpha value is -2.28. The molecule has 7 nitrogen and oxygen atoms in total. The van der Waals surface area contributed by atoms with E-state index in [1.807, 2.05) is 0 Å². The first kappa shape index (κ1) is 18.1. The molecular formula is C17H24N2O5. The first-order chi connectivity index (χ1) is 11.2. The zero-order valence-corrected chi connectivity index (χ0v) is 14.5. The number of rotatable bonds is 3. The van der Waals surface area contributed by atoms with Gasteiger partial charge in [0.2, 0.25) is 0 Å². The number of hydroxylamine groups is 1. The van der Waals surface area contributed by atoms with Crippen LogP contribution in [-0.2, 0) is 27.3 Å². The monoisotopic (exact) mass is 336 g/mol. The Labute approximate surface area is 141 Å². The highest BCUT2D eigenvalue weighted by Crippen LogP contribution is 2.28. The number of ether oxygens (including phenoxy) is 1. The lowest BCUT2D eigenvalue weighted by molar-refractivity contribution is -0.139. The predicted molar refractivity (Wildman–Crippen MR) is 87.1 cm³/mol. The minimum absolute atomic E-state index is 0.120. The second-order valence-corrected chi connectivity index (χ2v) is 6.68. The van der Waals surface area contributed by atoms with Crippen molar-refractivity contribution in [3.8, 4) is 5.75 Å². The van der Waals surface area contributed by atoms with Gasteiger partial charge in [0, 0.05) is 6.42 Å². The Morgan fingerprint density at radius 2 is 2.04 bits per heavy atom. The molecule has 0 bridgehead atoms. The number of hydrogen-bond acceptors (Lipinski definition) is 5. The van der Waals surface area contributed by atoms with E-state index in [4.69, 9.17) is 9.57 Å². The lowest BCUT2D eigenvalue weighted by Gasteiger charge is -2.36. The van der Waals surface area contributed by atoms with E-state index in [1.54, 1.807) is 45.9 Å². The van der Waals surface area contributed by atoms with E-state index in [9.17, 15) is 14.7 Å². The normalized spacial score (nSPS) is 17.2. The van der Waals surface area contributed by atoms with E-state index in [0.717, 1.165) is 11.1 Å². The maximum Gasteiger partial charge on any atom is 0.411 e. The molecule has 24 heavy (non-hydrogen) atoms. The highest BCUT2D eigenvalue weighted by atomic mass is 16.6. The van der Waals surface area contributed by atoms with Gasteiger partial charge in [0.15, 0.2) is 0 Å². The van der Waals surface area contributed by atoms with Crippen LogP contribution in [0.3, 0.4) is 0 Å². The van der Waals surface area contributed by atoms with Crippen LogP contribution in [0.4, 0.5) is 4.79 Å². The molecule has 0 aromatic heterocycles. The Bertz CT molecular complexity index is 624. The molecule has 0 saturated heterocycles. The number of amides is 2. The average molecular weight is 336 g/mol. The van der Waals surface area contributed by atoms with Crippen LogP contribution in [0.25, 0.3) is 0 Å². The summed E-state index contributed by atoms with van der Waals surface area (Å²) in [5.74, 6) is -0.281. The molecule has 2 rings (SSSR count). The summed E-state index contributed by atoms with van der Waals surface area (Å²) < 4.78 is 5.41. The molecule has 0 fully saturated rings. The van der Waals surface area contributed by atoms with Crippen LogP contribution in [0, 0.1) is 0 Å². The van der Waals surface area contributed by atoms with Gasteiger partial charge in [-0.3, -0.25) is 14.5 Å². The number of hydrogen-bond donors (Lipinski definition) is 2. The molecule has 2 N–H and O–H groups in total. The van der Waals surface area contributed by atoms with E-state index in [1.165, 1.54) is 4.90 Å². The fraction of sp³-hybridized carbons (Fsp3) is 0.529. The number of nitrogens with zero attached hydrogens (tertiary/aromatic N) is 1. The fourth-order valence-electron chi connectivity index (χ4n) is 2.53. The largest absolute Gasteiger partial charge is 0.508 e. The second-order valence-electron chi connectivity index (χ2n) is 6.68. The Morgan fingerprint density at radius 1 is 1.33 bits per heavy atom. The van der Waals surface area contributed by atoms with Gasteiger partial charge in [0.1, 0.15) is 17.4 Å². The molecule has 0 radical (unpaired) electrons. The van der Waals surface area contributed by atoms with Crippen molar-refractivity contribution in [3.63, 3.8) is 0 Å². The van der Waals surface area contributed by atoms with Crippen LogP contribution in [0.5, 0.6) is 5.75 Å². The van der Waals surface area contributed by atoms with Crippen LogP contribution < -0.4 is 5.48 Å². The van der Waals surface area contributed by atoms with E-state index >= 15 is 0 Å². The van der Waals surface area contributed by atoms with Gasteiger partial charge in [-0.05, 0) is 51.0 Å². The van der Waals surface area contributed by atoms with Gasteiger partial charge in [-0.2, -0.15) is 0 Å². The fourth-order valence-corrected chi connectivity index (χ4v) is 2.53. The lowest BCUT2D eigenvalue weighted by Crippen LogP contribution is -2.53. The summed E-state index contributed by atoms with van der Waals surface area (Å²) in [5, 5.41) is 9.66. The first-order valence-electron chi connectivity index (χ1n) is 7.93. The standard InChI is InChI=1S/C17H24N2O5/c1-5-23-18-15(21)14-9-11-6-7-13(20)8-12(11)10-19(14)16(22)24-17(2,3)4/h6-8,14,20H,5,9-10H2,1-4H3,(H,18,21). The highest BCUT2D eigenvalue weighted by molar-refractivity contribution is 5.86. The van der Waals surface area contributed by atoms with Crippen LogP contribution in [0.1, 0.15) is 38.8 Å². The number of phenols is 1. The summed E-state index contributed by atoms with van der Waals surface area (Å²) in [6, 6.07) is 4.20. The maximum atomic E-state index is 12.5. The van der Waals surface area contributed by atoms with Gasteiger partial charge in [0.05, 0.1) is 13.2 Å². The summed E-state index contributed by atoms with van der Waals surface area (Å²) >= 11 is 0. The Kier molecular flexibility index (Phi) is 5.33. The number of nitrogens with one attached hydrogen (secondary N) is 1. The van der Waals surface area contributed by atoms with Crippen molar-refractivity contribution in [1.29, 1.82) is 0 Å². The van der Waals surface area contributed by atoms with Crippen LogP contribution in [0.15, 0.2) is 18.2 Å². The number of phenolic OH excluding ortho intramolecular Hbond substituents is 1. The van der Waals surface area contributed by atoms with Crippen molar-refractivity contribution in [3.05, 3.63) is 29.3 Å². The number of carbonyl (C=O) groups excluding carboxylic acids is 2. The number of aromatic hydroxyl groups is 1. The molecule has 1 atom stereocenters. The van der Waals surface area contributed by atoms with Crippen molar-refractivity contribution < 1.29 is 24.3 Å². The third-order valence-electron chi connectivity index (χ3n) is 3.57. The van der Waals surface area contributed by atoms with Gasteiger partial charge in [-0.15, -0.1) is 0 Å². The van der Waals surface area contributed by atoms with Crippen LogP contribution in [0.2, 0.25) is 0 Å². The van der Waals surface area contributed by atoms with Gasteiger partial charge in [0.25, 0.3) is 5.91 Å². The van der Waals surface area contributed by atoms with Gasteiger partial charge in [-0.1, -0.05) is 6.07 Å². The minimum Gasteiger partial charge on any atom is -0.508 e. The topological polar surface area (TPSA) is 88.1 Å². The number of fused-ring (bicyclic) bond motifs is 1. The molecule has 2 amide bonds. The van der Waals surface area contributed by atoms with E-state index < -0.39 is 23.6 Å². The Balaban J connectivity index is 2.28. The third kappa shape index (κ3) is 4.38. The molecule has 1 aromatic rings. The maximum absolute atomic E-state index is 12.5. The van der Waals surface area contributed by atoms with Gasteiger partial charge >= 0.3 is 6.09 Å². The van der Waals surface area contributed by atoms with Gasteiger partial charge < -0.3 is 9.84 Å². The summed E-state index contributed by atoms with van der Waals surface area (Å²) in [6.07, 6.45) is -0.249. The average Bonchev–Trinajstić information content (AvgIpc) is 2.49. The molecule has 0 spiro atoms. The molecule has 1 aromatic carbocycles. The first-order valence-corrected chi connectivity index (χ1v) is 7.93. The molecule has 0 aliphatic carbocycles. The highest BCUT2D eigenvalue weighted by Gasteiger charge is 2.37. The minimum atomic E-state index is -0.733. The van der Waals surface area contributed by atoms with E-state index in [0.29, 0.717) is 13.0 Å². The molecule has 7 heteroatoms. The molecule has 1 aliphatic heterocycles. The quantitative estimate of drug-likeness (QED) is 0.826. The molecular weight excluding hydrogens is 312 g/mol. The number of carbonyl (C=O) groups is 2. The van der Waals surface area contributed by atoms with Gasteiger partial charge in [-0.25, -0.2) is 10.3 Å². The van der Waals surface area contributed by atoms with Crippen LogP contribution >= 0.6 is 0 Å². The molecule has 0 saturated carbocycles. The van der Waals surface area contributed by atoms with Crippen molar-refractivity contribution in [2.75, 3.05) is 6.61 Å². The second kappa shape index (κ2) is 7.09. The van der Waals surface area contributed by atoms with Crippen LogP contribution in [-0.4, -0.2) is 40.3 Å². The lowest BCUT2D eigenvalue weighted by atomic mass is 9.93. The van der Waals surface area contributed by atoms with Crippen molar-refractivity contribution in [1.82, 2.24) is 10.4 Å². The summed E-state index contributed by atoms with van der Waals surface area (Å²) in [5.41, 5.74) is 3.38. The number of benzene rings is 1. The van der Waals surface area contributed by atoms with E-state index in [-0.39, 0.29) is 12.3 Å². The molecule has 1 aliphatic rings. The smallest absolute Gasteiger partial charge is 0.411 e. The molecule has 1 heterocycles. The SMILES string of the molecule is CCONC(=O)C1Cc2ccc(O)cc2CN1C(=O)OC(C)(C)C. The summed E-state index contributed by atoms with van der Waals surface area (Å²) in [6.45, 7) is 7.57. The zero-order chi connectivity index (χ0) is 17.9.